The van der Waals surface area contributed by atoms with Gasteiger partial charge < -0.3 is 19.5 Å². The van der Waals surface area contributed by atoms with Crippen LogP contribution in [0.4, 0.5) is 0 Å². The molecule has 4 nitrogen and oxygen atoms in total. The van der Waals surface area contributed by atoms with Crippen molar-refractivity contribution in [2.24, 2.45) is 0 Å². The molecule has 4 heteroatoms. The molecule has 0 amide bonds. The molecule has 12 heavy (non-hydrogen) atoms. The maximum absolute atomic E-state index is 8.86. The summed E-state index contributed by atoms with van der Waals surface area (Å²) < 4.78 is 11.2. The zero-order chi connectivity index (χ0) is 8.60. The lowest BCUT2D eigenvalue weighted by Gasteiger charge is -2.21. The minimum atomic E-state index is -0.401. The third kappa shape index (κ3) is 1.35. The molecule has 2 heterocycles. The number of ether oxygens (including phenoxy) is 2. The van der Waals surface area contributed by atoms with E-state index in [2.05, 4.69) is 4.90 Å². The van der Waals surface area contributed by atoms with E-state index in [1.807, 2.05) is 7.05 Å². The zero-order valence-electron chi connectivity index (χ0n) is 7.32. The molecule has 2 aliphatic heterocycles. The minimum absolute atomic E-state index is 0.0610. The first kappa shape index (κ1) is 8.44. The van der Waals surface area contributed by atoms with Gasteiger partial charge >= 0.3 is 0 Å². The first-order chi connectivity index (χ1) is 5.74. The summed E-state index contributed by atoms with van der Waals surface area (Å²) in [6, 6.07) is 0. The second-order valence-electron chi connectivity index (χ2n) is 3.63. The Labute approximate surface area is 72.1 Å². The summed E-state index contributed by atoms with van der Waals surface area (Å²) in [5, 5.41) is 8.86. The van der Waals surface area contributed by atoms with Crippen LogP contribution in [-0.4, -0.2) is 55.2 Å². The van der Waals surface area contributed by atoms with E-state index in [1.165, 1.54) is 0 Å². The van der Waals surface area contributed by atoms with Crippen LogP contribution >= 0.6 is 0 Å². The Bertz CT molecular complexity index is 176. The Morgan fingerprint density at radius 1 is 1.67 bits per heavy atom. The molecule has 1 N–H and O–H groups in total. The second-order valence-corrected chi connectivity index (χ2v) is 3.63. The summed E-state index contributed by atoms with van der Waals surface area (Å²) in [4.78, 5) is 2.18. The summed E-state index contributed by atoms with van der Waals surface area (Å²) in [5.41, 5.74) is 0. The van der Waals surface area contributed by atoms with Crippen molar-refractivity contribution in [3.63, 3.8) is 0 Å². The van der Waals surface area contributed by atoms with Gasteiger partial charge in [-0.25, -0.2) is 0 Å². The van der Waals surface area contributed by atoms with Gasteiger partial charge in [-0.15, -0.1) is 0 Å². The van der Waals surface area contributed by atoms with Crippen LogP contribution in [0.5, 0.6) is 0 Å². The summed E-state index contributed by atoms with van der Waals surface area (Å²) in [6.07, 6.45) is 0.802. The molecule has 2 saturated heterocycles. The minimum Gasteiger partial charge on any atom is -0.394 e. The lowest BCUT2D eigenvalue weighted by atomic mass is 10.2. The Morgan fingerprint density at radius 2 is 2.50 bits per heavy atom. The molecule has 0 bridgehead atoms. The normalized spacial score (nSPS) is 43.0. The summed E-state index contributed by atoms with van der Waals surface area (Å²) >= 11 is 0. The van der Waals surface area contributed by atoms with Crippen LogP contribution in [0.25, 0.3) is 0 Å². The highest BCUT2D eigenvalue weighted by Gasteiger charge is 2.45. The molecule has 0 radical (unpaired) electrons. The van der Waals surface area contributed by atoms with Crippen molar-refractivity contribution in [1.82, 2.24) is 4.90 Å². The number of aliphatic hydroxyl groups excluding tert-OH is 1. The molecule has 2 atom stereocenters. The third-order valence-electron chi connectivity index (χ3n) is 2.50. The van der Waals surface area contributed by atoms with E-state index < -0.39 is 5.79 Å². The molecule has 70 valence electrons. The largest absolute Gasteiger partial charge is 0.394 e. The second kappa shape index (κ2) is 2.96. The Balaban J connectivity index is 1.97. The number of hydrogen-bond acceptors (Lipinski definition) is 4. The van der Waals surface area contributed by atoms with E-state index >= 15 is 0 Å². The highest BCUT2D eigenvalue weighted by Crippen LogP contribution is 2.32. The molecule has 2 rings (SSSR count). The van der Waals surface area contributed by atoms with Gasteiger partial charge in [0.25, 0.3) is 0 Å². The van der Waals surface area contributed by atoms with Gasteiger partial charge in [-0.1, -0.05) is 0 Å². The monoisotopic (exact) mass is 173 g/mol. The predicted molar refractivity (Wildman–Crippen MR) is 42.8 cm³/mol. The van der Waals surface area contributed by atoms with Crippen molar-refractivity contribution in [3.8, 4) is 0 Å². The number of likely N-dealkylation sites (N-methyl/N-ethyl adjacent to an activating group) is 1. The van der Waals surface area contributed by atoms with Crippen molar-refractivity contribution in [2.75, 3.05) is 33.4 Å². The van der Waals surface area contributed by atoms with Crippen LogP contribution in [-0.2, 0) is 9.47 Å². The van der Waals surface area contributed by atoms with Gasteiger partial charge in [0.2, 0.25) is 0 Å². The van der Waals surface area contributed by atoms with Gasteiger partial charge in [0, 0.05) is 13.0 Å². The molecule has 0 aromatic heterocycles. The molecule has 0 aliphatic carbocycles. The van der Waals surface area contributed by atoms with Crippen LogP contribution in [0.1, 0.15) is 6.42 Å². The van der Waals surface area contributed by atoms with Crippen molar-refractivity contribution >= 4 is 0 Å². The molecule has 0 saturated carbocycles. The smallest absolute Gasteiger partial charge is 0.182 e. The van der Waals surface area contributed by atoms with Gasteiger partial charge in [-0.05, 0) is 7.05 Å². The fourth-order valence-corrected chi connectivity index (χ4v) is 1.85. The van der Waals surface area contributed by atoms with Crippen molar-refractivity contribution < 1.29 is 14.6 Å². The van der Waals surface area contributed by atoms with Crippen LogP contribution < -0.4 is 0 Å². The topological polar surface area (TPSA) is 41.9 Å². The molecule has 2 fully saturated rings. The quantitative estimate of drug-likeness (QED) is 0.576. The number of aliphatic hydroxyl groups is 1. The average molecular weight is 173 g/mol. The average Bonchev–Trinajstić information content (AvgIpc) is 2.61. The van der Waals surface area contributed by atoms with Gasteiger partial charge in [0.15, 0.2) is 5.79 Å². The van der Waals surface area contributed by atoms with E-state index in [0.29, 0.717) is 6.61 Å². The zero-order valence-corrected chi connectivity index (χ0v) is 7.32. The Hall–Kier alpha value is -0.160. The SMILES string of the molecule is CN1CCC2(C1)OCC(CO)O2. The van der Waals surface area contributed by atoms with E-state index in [9.17, 15) is 0 Å². The first-order valence-corrected chi connectivity index (χ1v) is 4.35. The molecule has 1 spiro atoms. The molecular formula is C8H15NO3. The number of nitrogens with zero attached hydrogens (tertiary/aromatic N) is 1. The van der Waals surface area contributed by atoms with E-state index in [0.717, 1.165) is 19.5 Å². The summed E-state index contributed by atoms with van der Waals surface area (Å²) in [7, 11) is 2.05. The third-order valence-corrected chi connectivity index (χ3v) is 2.50. The Morgan fingerprint density at radius 3 is 3.00 bits per heavy atom. The predicted octanol–water partition coefficient (Wildman–Crippen LogP) is -0.574. The highest BCUT2D eigenvalue weighted by atomic mass is 16.7. The first-order valence-electron chi connectivity index (χ1n) is 4.35. The summed E-state index contributed by atoms with van der Waals surface area (Å²) in [5.74, 6) is -0.401. The van der Waals surface area contributed by atoms with Crippen molar-refractivity contribution in [2.45, 2.75) is 18.3 Å². The molecule has 0 aromatic carbocycles. The van der Waals surface area contributed by atoms with E-state index in [-0.39, 0.29) is 12.7 Å². The molecule has 0 aromatic rings. The van der Waals surface area contributed by atoms with Crippen LogP contribution in [0, 0.1) is 0 Å². The van der Waals surface area contributed by atoms with Gasteiger partial charge in [-0.3, -0.25) is 0 Å². The van der Waals surface area contributed by atoms with E-state index in [1.54, 1.807) is 0 Å². The van der Waals surface area contributed by atoms with E-state index in [4.69, 9.17) is 14.6 Å². The fraction of sp³-hybridized carbons (Fsp3) is 1.00. The van der Waals surface area contributed by atoms with Crippen LogP contribution in [0.2, 0.25) is 0 Å². The maximum Gasteiger partial charge on any atom is 0.182 e. The van der Waals surface area contributed by atoms with Crippen molar-refractivity contribution in [1.29, 1.82) is 0 Å². The molecule has 2 unspecified atom stereocenters. The highest BCUT2D eigenvalue weighted by molar-refractivity contribution is 4.87. The van der Waals surface area contributed by atoms with Gasteiger partial charge in [0.1, 0.15) is 6.10 Å². The number of rotatable bonds is 1. The fourth-order valence-electron chi connectivity index (χ4n) is 1.85. The number of hydrogen-bond donors (Lipinski definition) is 1. The van der Waals surface area contributed by atoms with Crippen LogP contribution in [0.15, 0.2) is 0 Å². The van der Waals surface area contributed by atoms with Gasteiger partial charge in [-0.2, -0.15) is 0 Å². The molecular weight excluding hydrogens is 158 g/mol. The Kier molecular flexibility index (Phi) is 2.08. The molecule has 2 aliphatic rings. The van der Waals surface area contributed by atoms with Crippen molar-refractivity contribution in [3.05, 3.63) is 0 Å². The number of likely N-dealkylation sites (tertiary alicyclic amines) is 1. The maximum atomic E-state index is 8.86. The lowest BCUT2D eigenvalue weighted by Crippen LogP contribution is -2.34. The summed E-state index contributed by atoms with van der Waals surface area (Å²) in [6.45, 7) is 2.43. The standard InChI is InChI=1S/C8H15NO3/c1-9-3-2-8(6-9)11-5-7(4-10)12-8/h7,10H,2-6H2,1H3. The lowest BCUT2D eigenvalue weighted by molar-refractivity contribution is -0.159. The van der Waals surface area contributed by atoms with Crippen LogP contribution in [0.3, 0.4) is 0 Å². The van der Waals surface area contributed by atoms with Gasteiger partial charge in [0.05, 0.1) is 19.8 Å².